The summed E-state index contributed by atoms with van der Waals surface area (Å²) in [6.45, 7) is 0.577. The van der Waals surface area contributed by atoms with Gasteiger partial charge in [0.05, 0.1) is 38.8 Å². The number of halogens is 2. The fourth-order valence-electron chi connectivity index (χ4n) is 3.12. The van der Waals surface area contributed by atoms with Crippen molar-refractivity contribution < 1.29 is 18.3 Å². The van der Waals surface area contributed by atoms with Gasteiger partial charge in [0.25, 0.3) is 0 Å². The Bertz CT molecular complexity index is 755. The predicted octanol–water partition coefficient (Wildman–Crippen LogP) is 2.92. The maximum absolute atomic E-state index is 12.9. The van der Waals surface area contributed by atoms with E-state index in [1.165, 1.54) is 14.2 Å². The van der Waals surface area contributed by atoms with Gasteiger partial charge in [-0.05, 0) is 36.8 Å². The van der Waals surface area contributed by atoms with Crippen LogP contribution in [0.5, 0.6) is 11.9 Å². The largest absolute Gasteiger partial charge is 0.480 e. The van der Waals surface area contributed by atoms with E-state index in [-0.39, 0.29) is 17.8 Å². The minimum absolute atomic E-state index is 0.0137. The van der Waals surface area contributed by atoms with Crippen LogP contribution in [-0.2, 0) is 0 Å². The summed E-state index contributed by atoms with van der Waals surface area (Å²) in [4.78, 5) is 8.23. The smallest absolute Gasteiger partial charge is 0.319 e. The molecule has 25 heavy (non-hydrogen) atoms. The van der Waals surface area contributed by atoms with E-state index < -0.39 is 19.3 Å². The first-order chi connectivity index (χ1) is 12.1. The van der Waals surface area contributed by atoms with Crippen LogP contribution < -0.4 is 9.47 Å². The van der Waals surface area contributed by atoms with E-state index in [0.29, 0.717) is 17.1 Å². The van der Waals surface area contributed by atoms with E-state index >= 15 is 0 Å². The third kappa shape index (κ3) is 3.38. The number of aromatic nitrogens is 4. The first kappa shape index (κ1) is 17.4. The molecule has 2 heterocycles. The van der Waals surface area contributed by atoms with Crippen molar-refractivity contribution in [3.63, 3.8) is 0 Å². The standard InChI is InChI=1S/C17H20F2N4O2/c1-9-11(13-4-12(13)10(6-18)7-19)5-15(23-22-9)14-8-20-17(25-3)21-16(14)24-2/h5,8,10,12-13H,4,6-7H2,1-3H3. The van der Waals surface area contributed by atoms with Crippen molar-refractivity contribution in [3.8, 4) is 23.1 Å². The van der Waals surface area contributed by atoms with Gasteiger partial charge in [-0.2, -0.15) is 10.1 Å². The molecule has 1 saturated carbocycles. The van der Waals surface area contributed by atoms with Crippen molar-refractivity contribution in [3.05, 3.63) is 23.5 Å². The fraction of sp³-hybridized carbons (Fsp3) is 0.529. The third-order valence-electron chi connectivity index (χ3n) is 4.64. The number of alkyl halides is 2. The Kier molecular flexibility index (Phi) is 5.06. The second-order valence-electron chi connectivity index (χ2n) is 6.12. The average Bonchev–Trinajstić information content (AvgIpc) is 3.43. The van der Waals surface area contributed by atoms with Crippen molar-refractivity contribution in [2.45, 2.75) is 19.3 Å². The molecule has 1 aliphatic rings. The first-order valence-electron chi connectivity index (χ1n) is 8.04. The maximum atomic E-state index is 12.9. The average molecular weight is 350 g/mol. The molecule has 3 rings (SSSR count). The molecule has 0 radical (unpaired) electrons. The fourth-order valence-corrected chi connectivity index (χ4v) is 3.12. The van der Waals surface area contributed by atoms with Gasteiger partial charge in [-0.1, -0.05) is 0 Å². The Morgan fingerprint density at radius 1 is 1.20 bits per heavy atom. The number of rotatable bonds is 7. The van der Waals surface area contributed by atoms with Crippen LogP contribution in [0.4, 0.5) is 8.78 Å². The van der Waals surface area contributed by atoms with Crippen LogP contribution in [0.3, 0.4) is 0 Å². The number of methoxy groups -OCH3 is 2. The van der Waals surface area contributed by atoms with Crippen molar-refractivity contribution >= 4 is 0 Å². The number of ether oxygens (including phenoxy) is 2. The summed E-state index contributed by atoms with van der Waals surface area (Å²) >= 11 is 0. The Morgan fingerprint density at radius 2 is 1.96 bits per heavy atom. The molecule has 1 aliphatic carbocycles. The van der Waals surface area contributed by atoms with Gasteiger partial charge in [-0.3, -0.25) is 8.78 Å². The van der Waals surface area contributed by atoms with Gasteiger partial charge in [0.1, 0.15) is 5.69 Å². The lowest BCUT2D eigenvalue weighted by Crippen LogP contribution is -2.09. The van der Waals surface area contributed by atoms with Crippen LogP contribution in [-0.4, -0.2) is 47.7 Å². The zero-order valence-corrected chi connectivity index (χ0v) is 14.4. The van der Waals surface area contributed by atoms with Gasteiger partial charge in [0.2, 0.25) is 5.88 Å². The van der Waals surface area contributed by atoms with Crippen LogP contribution in [0.2, 0.25) is 0 Å². The second-order valence-corrected chi connectivity index (χ2v) is 6.12. The van der Waals surface area contributed by atoms with Crippen molar-refractivity contribution in [2.24, 2.45) is 11.8 Å². The van der Waals surface area contributed by atoms with E-state index in [0.717, 1.165) is 17.7 Å². The zero-order chi connectivity index (χ0) is 18.0. The van der Waals surface area contributed by atoms with Gasteiger partial charge in [-0.25, -0.2) is 4.98 Å². The first-order valence-corrected chi connectivity index (χ1v) is 8.04. The molecule has 6 nitrogen and oxygen atoms in total. The topological polar surface area (TPSA) is 70.0 Å². The molecule has 2 unspecified atom stereocenters. The highest BCUT2D eigenvalue weighted by Crippen LogP contribution is 2.53. The van der Waals surface area contributed by atoms with Crippen LogP contribution in [0.1, 0.15) is 23.6 Å². The number of hydrogen-bond donors (Lipinski definition) is 0. The molecule has 8 heteroatoms. The van der Waals surface area contributed by atoms with E-state index in [4.69, 9.17) is 9.47 Å². The molecule has 134 valence electrons. The lowest BCUT2D eigenvalue weighted by molar-refractivity contribution is 0.260. The van der Waals surface area contributed by atoms with Crippen LogP contribution in [0, 0.1) is 18.8 Å². The summed E-state index contributed by atoms with van der Waals surface area (Å²) in [5.74, 6) is -0.0933. The summed E-state index contributed by atoms with van der Waals surface area (Å²) in [6.07, 6.45) is 2.32. The van der Waals surface area contributed by atoms with Crippen LogP contribution in [0.25, 0.3) is 11.3 Å². The molecular formula is C17H20F2N4O2. The summed E-state index contributed by atoms with van der Waals surface area (Å²) in [5, 5.41) is 8.39. The molecule has 0 N–H and O–H groups in total. The van der Waals surface area contributed by atoms with Gasteiger partial charge in [-0.15, -0.1) is 5.10 Å². The Morgan fingerprint density at radius 3 is 2.60 bits per heavy atom. The minimum atomic E-state index is -0.637. The van der Waals surface area contributed by atoms with Gasteiger partial charge in [0, 0.05) is 12.1 Å². The molecule has 0 saturated heterocycles. The third-order valence-corrected chi connectivity index (χ3v) is 4.64. The molecule has 0 amide bonds. The molecule has 0 spiro atoms. The van der Waals surface area contributed by atoms with Crippen LogP contribution >= 0.6 is 0 Å². The molecule has 2 aromatic heterocycles. The second kappa shape index (κ2) is 7.25. The lowest BCUT2D eigenvalue weighted by Gasteiger charge is -2.11. The molecule has 0 aromatic carbocycles. The van der Waals surface area contributed by atoms with Gasteiger partial charge >= 0.3 is 6.01 Å². The molecule has 0 aliphatic heterocycles. The highest BCUT2D eigenvalue weighted by Gasteiger charge is 2.45. The Labute approximate surface area is 144 Å². The summed E-state index contributed by atoms with van der Waals surface area (Å²) in [6, 6.07) is 2.07. The summed E-state index contributed by atoms with van der Waals surface area (Å²) < 4.78 is 36.2. The minimum Gasteiger partial charge on any atom is -0.480 e. The normalized spacial score (nSPS) is 19.1. The number of hydrogen-bond acceptors (Lipinski definition) is 6. The lowest BCUT2D eigenvalue weighted by atomic mass is 10.00. The molecular weight excluding hydrogens is 330 g/mol. The van der Waals surface area contributed by atoms with E-state index in [1.807, 2.05) is 13.0 Å². The van der Waals surface area contributed by atoms with Crippen LogP contribution in [0.15, 0.2) is 12.3 Å². The zero-order valence-electron chi connectivity index (χ0n) is 14.4. The molecule has 0 bridgehead atoms. The monoisotopic (exact) mass is 350 g/mol. The highest BCUT2D eigenvalue weighted by atomic mass is 19.1. The Balaban J connectivity index is 1.93. The highest BCUT2D eigenvalue weighted by molar-refractivity contribution is 5.64. The van der Waals surface area contributed by atoms with Crippen molar-refractivity contribution in [1.82, 2.24) is 20.2 Å². The van der Waals surface area contributed by atoms with Gasteiger partial charge in [0.15, 0.2) is 0 Å². The number of aryl methyl sites for hydroxylation is 1. The summed E-state index contributed by atoms with van der Waals surface area (Å²) in [5.41, 5.74) is 2.87. The quantitative estimate of drug-likeness (QED) is 0.765. The van der Waals surface area contributed by atoms with E-state index in [2.05, 4.69) is 20.2 Å². The Hall–Kier alpha value is -2.38. The van der Waals surface area contributed by atoms with Crippen molar-refractivity contribution in [1.29, 1.82) is 0 Å². The summed E-state index contributed by atoms with van der Waals surface area (Å²) in [7, 11) is 2.97. The maximum Gasteiger partial charge on any atom is 0.319 e. The predicted molar refractivity (Wildman–Crippen MR) is 87.2 cm³/mol. The van der Waals surface area contributed by atoms with E-state index in [9.17, 15) is 8.78 Å². The van der Waals surface area contributed by atoms with E-state index in [1.54, 1.807) is 6.20 Å². The SMILES string of the molecule is COc1ncc(-c2cc(C3CC3C(CF)CF)c(C)nn2)c(OC)n1. The number of nitrogens with zero attached hydrogens (tertiary/aromatic N) is 4. The van der Waals surface area contributed by atoms with Crippen molar-refractivity contribution in [2.75, 3.05) is 27.6 Å². The molecule has 1 fully saturated rings. The van der Waals surface area contributed by atoms with Gasteiger partial charge < -0.3 is 9.47 Å². The molecule has 2 atom stereocenters. The molecule has 2 aromatic rings.